The molecule has 0 aromatic carbocycles. The molecule has 16 heavy (non-hydrogen) atoms. The molecule has 88 valence electrons. The van der Waals surface area contributed by atoms with Crippen molar-refractivity contribution < 1.29 is 5.21 Å². The van der Waals surface area contributed by atoms with Gasteiger partial charge in [0.2, 0.25) is 0 Å². The maximum Gasteiger partial charge on any atom is 0.188 e. The zero-order chi connectivity index (χ0) is 12.1. The Balaban J connectivity index is 2.90. The Labute approximate surface area is 99.2 Å². The summed E-state index contributed by atoms with van der Waals surface area (Å²) < 4.78 is 0. The molecule has 1 aromatic heterocycles. The van der Waals surface area contributed by atoms with Crippen molar-refractivity contribution in [2.45, 2.75) is 25.9 Å². The summed E-state index contributed by atoms with van der Waals surface area (Å²) in [6.07, 6.45) is 0. The van der Waals surface area contributed by atoms with E-state index >= 15 is 0 Å². The Morgan fingerprint density at radius 2 is 2.25 bits per heavy atom. The van der Waals surface area contributed by atoms with Gasteiger partial charge in [-0.2, -0.15) is 0 Å². The van der Waals surface area contributed by atoms with E-state index in [1.807, 2.05) is 6.92 Å². The highest BCUT2D eigenvalue weighted by Gasteiger charge is 2.07. The van der Waals surface area contributed by atoms with Crippen LogP contribution in [0.4, 0.5) is 0 Å². The smallest absolute Gasteiger partial charge is 0.188 e. The van der Waals surface area contributed by atoms with E-state index in [1.165, 1.54) is 0 Å². The number of nitrogens with zero attached hydrogens (tertiary/aromatic N) is 3. The second-order valence-electron chi connectivity index (χ2n) is 3.87. The minimum atomic E-state index is 0.0110. The third-order valence-corrected chi connectivity index (χ3v) is 3.02. The molecule has 0 saturated carbocycles. The second kappa shape index (κ2) is 5.69. The van der Waals surface area contributed by atoms with Crippen molar-refractivity contribution in [1.82, 2.24) is 9.97 Å². The molecular weight excluding hydrogens is 224 g/mol. The number of aryl methyl sites for hydroxylation is 1. The topological polar surface area (TPSA) is 84.4 Å². The van der Waals surface area contributed by atoms with Gasteiger partial charge in [0.15, 0.2) is 11.0 Å². The van der Waals surface area contributed by atoms with E-state index in [0.29, 0.717) is 16.8 Å². The van der Waals surface area contributed by atoms with Crippen LogP contribution in [0.15, 0.2) is 16.4 Å². The van der Waals surface area contributed by atoms with Crippen molar-refractivity contribution in [3.63, 3.8) is 0 Å². The number of thioether (sulfide) groups is 1. The minimum Gasteiger partial charge on any atom is -0.409 e. The maximum atomic E-state index is 8.58. The lowest BCUT2D eigenvalue weighted by Gasteiger charge is -2.06. The van der Waals surface area contributed by atoms with E-state index in [9.17, 15) is 0 Å². The molecule has 0 aliphatic heterocycles. The first-order valence-corrected chi connectivity index (χ1v) is 5.98. The lowest BCUT2D eigenvalue weighted by Crippen LogP contribution is -2.16. The van der Waals surface area contributed by atoms with Gasteiger partial charge in [-0.1, -0.05) is 30.8 Å². The number of hydrogen-bond acceptors (Lipinski definition) is 5. The minimum absolute atomic E-state index is 0.0110. The SMILES string of the molecule is Cc1cc(/C(N)=N/O)nc(SCC(C)C)n1. The number of aromatic nitrogens is 2. The summed E-state index contributed by atoms with van der Waals surface area (Å²) in [5, 5.41) is 12.2. The van der Waals surface area contributed by atoms with Gasteiger partial charge >= 0.3 is 0 Å². The van der Waals surface area contributed by atoms with Crippen LogP contribution >= 0.6 is 11.8 Å². The van der Waals surface area contributed by atoms with E-state index in [2.05, 4.69) is 29.0 Å². The predicted molar refractivity (Wildman–Crippen MR) is 64.8 cm³/mol. The zero-order valence-electron chi connectivity index (χ0n) is 9.64. The molecule has 0 saturated heterocycles. The predicted octanol–water partition coefficient (Wildman–Crippen LogP) is 1.63. The fraction of sp³-hybridized carbons (Fsp3) is 0.500. The van der Waals surface area contributed by atoms with Crippen LogP contribution < -0.4 is 5.73 Å². The van der Waals surface area contributed by atoms with Crippen LogP contribution in [-0.4, -0.2) is 26.8 Å². The molecule has 0 fully saturated rings. The molecule has 0 aliphatic rings. The summed E-state index contributed by atoms with van der Waals surface area (Å²) in [7, 11) is 0. The Bertz CT molecular complexity index is 392. The average molecular weight is 240 g/mol. The first-order valence-electron chi connectivity index (χ1n) is 4.99. The van der Waals surface area contributed by atoms with Crippen LogP contribution in [0.5, 0.6) is 0 Å². The number of rotatable bonds is 4. The van der Waals surface area contributed by atoms with Crippen LogP contribution in [0.25, 0.3) is 0 Å². The summed E-state index contributed by atoms with van der Waals surface area (Å²) in [5.41, 5.74) is 6.76. The van der Waals surface area contributed by atoms with Gasteiger partial charge in [0.1, 0.15) is 5.69 Å². The van der Waals surface area contributed by atoms with Crippen molar-refractivity contribution in [1.29, 1.82) is 0 Å². The van der Waals surface area contributed by atoms with Gasteiger partial charge in [-0.25, -0.2) is 9.97 Å². The number of hydrogen-bond donors (Lipinski definition) is 2. The van der Waals surface area contributed by atoms with Crippen molar-refractivity contribution >= 4 is 17.6 Å². The molecule has 0 amide bonds. The van der Waals surface area contributed by atoms with Crippen molar-refractivity contribution in [2.75, 3.05) is 5.75 Å². The molecule has 0 spiro atoms. The first-order chi connectivity index (χ1) is 7.52. The molecule has 0 atom stereocenters. The Kier molecular flexibility index (Phi) is 4.54. The normalized spacial score (nSPS) is 12.1. The average Bonchev–Trinajstić information content (AvgIpc) is 2.24. The second-order valence-corrected chi connectivity index (χ2v) is 4.85. The van der Waals surface area contributed by atoms with Crippen LogP contribution in [0.3, 0.4) is 0 Å². The van der Waals surface area contributed by atoms with Crippen molar-refractivity contribution in [2.24, 2.45) is 16.8 Å². The first kappa shape index (κ1) is 12.8. The molecule has 3 N–H and O–H groups in total. The molecule has 1 rings (SSSR count). The molecule has 0 unspecified atom stereocenters. The van der Waals surface area contributed by atoms with Gasteiger partial charge < -0.3 is 10.9 Å². The van der Waals surface area contributed by atoms with Gasteiger partial charge in [-0.05, 0) is 18.9 Å². The molecule has 1 aromatic rings. The summed E-state index contributed by atoms with van der Waals surface area (Å²) in [4.78, 5) is 8.49. The van der Waals surface area contributed by atoms with Crippen LogP contribution in [-0.2, 0) is 0 Å². The summed E-state index contributed by atoms with van der Waals surface area (Å²) in [6.45, 7) is 6.12. The lowest BCUT2D eigenvalue weighted by atomic mass is 10.3. The lowest BCUT2D eigenvalue weighted by molar-refractivity contribution is 0.318. The van der Waals surface area contributed by atoms with Gasteiger partial charge in [0.05, 0.1) is 0 Å². The Hall–Kier alpha value is -1.30. The number of oxime groups is 1. The van der Waals surface area contributed by atoms with Gasteiger partial charge in [0, 0.05) is 11.4 Å². The highest BCUT2D eigenvalue weighted by atomic mass is 32.2. The van der Waals surface area contributed by atoms with Crippen LogP contribution in [0.2, 0.25) is 0 Å². The largest absolute Gasteiger partial charge is 0.409 e. The van der Waals surface area contributed by atoms with Crippen molar-refractivity contribution in [3.05, 3.63) is 17.5 Å². The quantitative estimate of drug-likeness (QED) is 0.209. The van der Waals surface area contributed by atoms with Gasteiger partial charge in [0.25, 0.3) is 0 Å². The van der Waals surface area contributed by atoms with E-state index in [0.717, 1.165) is 11.4 Å². The highest BCUT2D eigenvalue weighted by molar-refractivity contribution is 7.99. The number of nitrogens with two attached hydrogens (primary N) is 1. The molecule has 1 heterocycles. The highest BCUT2D eigenvalue weighted by Crippen LogP contribution is 2.17. The van der Waals surface area contributed by atoms with E-state index < -0.39 is 0 Å². The van der Waals surface area contributed by atoms with Gasteiger partial charge in [-0.3, -0.25) is 0 Å². The van der Waals surface area contributed by atoms with Gasteiger partial charge in [-0.15, -0.1) is 0 Å². The molecule has 5 nitrogen and oxygen atoms in total. The van der Waals surface area contributed by atoms with E-state index in [1.54, 1.807) is 17.8 Å². The number of amidine groups is 1. The molecule has 0 radical (unpaired) electrons. The van der Waals surface area contributed by atoms with E-state index in [4.69, 9.17) is 10.9 Å². The summed E-state index contributed by atoms with van der Waals surface area (Å²) in [5.74, 6) is 1.53. The maximum absolute atomic E-state index is 8.58. The Morgan fingerprint density at radius 1 is 1.56 bits per heavy atom. The third kappa shape index (κ3) is 3.69. The molecule has 0 aliphatic carbocycles. The molecule has 6 heteroatoms. The Morgan fingerprint density at radius 3 is 2.81 bits per heavy atom. The zero-order valence-corrected chi connectivity index (χ0v) is 10.5. The fourth-order valence-corrected chi connectivity index (χ4v) is 1.88. The van der Waals surface area contributed by atoms with Crippen LogP contribution in [0.1, 0.15) is 25.2 Å². The molecular formula is C10H16N4OS. The van der Waals surface area contributed by atoms with Crippen molar-refractivity contribution in [3.8, 4) is 0 Å². The fourth-order valence-electron chi connectivity index (χ4n) is 1.03. The molecule has 0 bridgehead atoms. The standard InChI is InChI=1S/C10H16N4OS/c1-6(2)5-16-10-12-7(3)4-8(13-10)9(11)14-15/h4,6,15H,5H2,1-3H3,(H2,11,14). The summed E-state index contributed by atoms with van der Waals surface area (Å²) in [6, 6.07) is 1.69. The van der Waals surface area contributed by atoms with Crippen LogP contribution in [0, 0.1) is 12.8 Å². The monoisotopic (exact) mass is 240 g/mol. The summed E-state index contributed by atoms with van der Waals surface area (Å²) >= 11 is 1.57. The third-order valence-electron chi connectivity index (χ3n) is 1.75. The van der Waals surface area contributed by atoms with E-state index in [-0.39, 0.29) is 5.84 Å².